The maximum atomic E-state index is 13.0. The molecule has 7 heteroatoms. The van der Waals surface area contributed by atoms with Gasteiger partial charge in [-0.15, -0.1) is 0 Å². The van der Waals surface area contributed by atoms with Crippen LogP contribution in [0.4, 0.5) is 0 Å². The van der Waals surface area contributed by atoms with Crippen LogP contribution in [0.2, 0.25) is 10.0 Å². The van der Waals surface area contributed by atoms with E-state index in [4.69, 9.17) is 23.2 Å². The highest BCUT2D eigenvalue weighted by Crippen LogP contribution is 2.59. The van der Waals surface area contributed by atoms with Gasteiger partial charge in [0, 0.05) is 12.1 Å². The third kappa shape index (κ3) is 3.94. The molecule has 0 spiro atoms. The summed E-state index contributed by atoms with van der Waals surface area (Å²) in [6, 6.07) is 8.16. The molecule has 4 aliphatic rings. The molecule has 1 aromatic carbocycles. The Labute approximate surface area is 191 Å². The van der Waals surface area contributed by atoms with Gasteiger partial charge in [0.05, 0.1) is 21.3 Å². The second-order valence-corrected chi connectivity index (χ2v) is 10.4. The van der Waals surface area contributed by atoms with Gasteiger partial charge in [0.15, 0.2) is 5.69 Å². The van der Waals surface area contributed by atoms with Crippen LogP contribution in [0, 0.1) is 23.2 Å². The lowest BCUT2D eigenvalue weighted by Gasteiger charge is -2.56. The summed E-state index contributed by atoms with van der Waals surface area (Å²) in [7, 11) is 0. The average molecular weight is 459 g/mol. The zero-order valence-electron chi connectivity index (χ0n) is 17.0. The zero-order chi connectivity index (χ0) is 21.8. The lowest BCUT2D eigenvalue weighted by molar-refractivity contribution is -0.0503. The summed E-state index contributed by atoms with van der Waals surface area (Å²) in [4.78, 5) is 28.5. The summed E-state index contributed by atoms with van der Waals surface area (Å²) < 4.78 is 0. The van der Waals surface area contributed by atoms with Crippen molar-refractivity contribution < 1.29 is 14.7 Å². The number of rotatable bonds is 5. The molecule has 4 bridgehead atoms. The summed E-state index contributed by atoms with van der Waals surface area (Å²) in [5.74, 6) is 1.09. The monoisotopic (exact) mass is 458 g/mol. The van der Waals surface area contributed by atoms with Crippen LogP contribution in [0.25, 0.3) is 11.3 Å². The van der Waals surface area contributed by atoms with Crippen LogP contribution < -0.4 is 5.32 Å². The molecule has 0 saturated heterocycles. The summed E-state index contributed by atoms with van der Waals surface area (Å²) in [5, 5.41) is 12.9. The van der Waals surface area contributed by atoms with Crippen LogP contribution in [-0.2, 0) is 0 Å². The van der Waals surface area contributed by atoms with E-state index in [1.807, 2.05) is 0 Å². The number of aromatic carboxylic acids is 1. The van der Waals surface area contributed by atoms with E-state index < -0.39 is 5.97 Å². The number of halogens is 2. The third-order valence-electron chi connectivity index (χ3n) is 7.34. The van der Waals surface area contributed by atoms with E-state index in [1.54, 1.807) is 24.3 Å². The Morgan fingerprint density at radius 2 is 1.61 bits per heavy atom. The molecule has 6 rings (SSSR count). The largest absolute Gasteiger partial charge is 0.476 e. The molecule has 31 heavy (non-hydrogen) atoms. The van der Waals surface area contributed by atoms with Gasteiger partial charge in [-0.05, 0) is 86.0 Å². The fraction of sp³-hybridized carbons (Fsp3) is 0.458. The highest BCUT2D eigenvalue weighted by Gasteiger charge is 2.50. The summed E-state index contributed by atoms with van der Waals surface area (Å²) in [6.45, 7) is 0.693. The molecule has 1 amide bonds. The second-order valence-electron chi connectivity index (χ2n) is 9.63. The molecule has 2 N–H and O–H groups in total. The van der Waals surface area contributed by atoms with E-state index in [9.17, 15) is 14.7 Å². The van der Waals surface area contributed by atoms with Gasteiger partial charge in [-0.3, -0.25) is 4.79 Å². The van der Waals surface area contributed by atoms with Crippen molar-refractivity contribution in [2.24, 2.45) is 23.2 Å². The molecular formula is C24H24Cl2N2O3. The predicted octanol–water partition coefficient (Wildman–Crippen LogP) is 5.70. The van der Waals surface area contributed by atoms with E-state index in [0.29, 0.717) is 28.4 Å². The number of hydrogen-bond donors (Lipinski definition) is 2. The Morgan fingerprint density at radius 3 is 2.23 bits per heavy atom. The van der Waals surface area contributed by atoms with Gasteiger partial charge in [0.1, 0.15) is 0 Å². The van der Waals surface area contributed by atoms with Gasteiger partial charge in [-0.25, -0.2) is 9.78 Å². The standard InChI is InChI=1S/C24H24Cl2N2O3/c25-18-2-1-16(20-4-3-19(26)21(28-20)23(30)31)8-17(18)22(29)27-12-24-9-13-5-14(10-24)7-15(6-13)11-24/h1-4,8,13-15H,5-7,9-12H2,(H,27,29)(H,30,31). The summed E-state index contributed by atoms with van der Waals surface area (Å²) >= 11 is 12.3. The van der Waals surface area contributed by atoms with Crippen LogP contribution in [-0.4, -0.2) is 28.5 Å². The van der Waals surface area contributed by atoms with Crippen molar-refractivity contribution in [3.63, 3.8) is 0 Å². The number of aromatic nitrogens is 1. The van der Waals surface area contributed by atoms with Crippen molar-refractivity contribution in [1.82, 2.24) is 10.3 Å². The fourth-order valence-corrected chi connectivity index (χ4v) is 6.87. The first-order chi connectivity index (χ1) is 14.8. The van der Waals surface area contributed by atoms with Crippen molar-refractivity contribution in [2.45, 2.75) is 38.5 Å². The Balaban J connectivity index is 1.35. The second kappa shape index (κ2) is 7.79. The maximum absolute atomic E-state index is 13.0. The zero-order valence-corrected chi connectivity index (χ0v) is 18.5. The predicted molar refractivity (Wildman–Crippen MR) is 120 cm³/mol. The Morgan fingerprint density at radius 1 is 1.00 bits per heavy atom. The van der Waals surface area contributed by atoms with Crippen LogP contribution in [0.5, 0.6) is 0 Å². The van der Waals surface area contributed by atoms with E-state index >= 15 is 0 Å². The smallest absolute Gasteiger partial charge is 0.356 e. The first kappa shape index (κ1) is 20.8. The van der Waals surface area contributed by atoms with Crippen LogP contribution in [0.3, 0.4) is 0 Å². The number of benzene rings is 1. The number of amides is 1. The molecule has 162 valence electrons. The number of carboxylic acid groups (broad SMARTS) is 1. The summed E-state index contributed by atoms with van der Waals surface area (Å²) in [5.41, 5.74) is 1.43. The Hall–Kier alpha value is -2.11. The Bertz CT molecular complexity index is 1030. The van der Waals surface area contributed by atoms with Crippen molar-refractivity contribution in [2.75, 3.05) is 6.54 Å². The van der Waals surface area contributed by atoms with E-state index in [0.717, 1.165) is 17.8 Å². The third-order valence-corrected chi connectivity index (χ3v) is 7.98. The molecule has 2 aromatic rings. The maximum Gasteiger partial charge on any atom is 0.356 e. The SMILES string of the molecule is O=C(NCC12CC3CC(CC(C3)C1)C2)c1cc(-c2ccc(Cl)c(C(=O)O)n2)ccc1Cl. The molecule has 1 heterocycles. The number of nitrogens with one attached hydrogen (secondary N) is 1. The number of hydrogen-bond acceptors (Lipinski definition) is 3. The number of nitrogens with zero attached hydrogens (tertiary/aromatic N) is 1. The normalized spacial score (nSPS) is 28.5. The lowest BCUT2D eigenvalue weighted by atomic mass is 9.49. The van der Waals surface area contributed by atoms with E-state index in [2.05, 4.69) is 10.3 Å². The summed E-state index contributed by atoms with van der Waals surface area (Å²) in [6.07, 6.45) is 7.77. The molecule has 0 aliphatic heterocycles. The van der Waals surface area contributed by atoms with Gasteiger partial charge in [0.25, 0.3) is 5.91 Å². The van der Waals surface area contributed by atoms with Gasteiger partial charge < -0.3 is 10.4 Å². The number of carbonyl (C=O) groups is 2. The minimum absolute atomic E-state index is 0.0683. The van der Waals surface area contributed by atoms with Crippen molar-refractivity contribution in [1.29, 1.82) is 0 Å². The lowest BCUT2D eigenvalue weighted by Crippen LogP contribution is -2.51. The number of carboxylic acids is 1. The average Bonchev–Trinajstić information content (AvgIpc) is 2.72. The van der Waals surface area contributed by atoms with Crippen LogP contribution in [0.1, 0.15) is 59.4 Å². The minimum Gasteiger partial charge on any atom is -0.476 e. The van der Waals surface area contributed by atoms with E-state index in [1.165, 1.54) is 44.6 Å². The quantitative estimate of drug-likeness (QED) is 0.601. The molecule has 4 saturated carbocycles. The van der Waals surface area contributed by atoms with Crippen LogP contribution in [0.15, 0.2) is 30.3 Å². The highest BCUT2D eigenvalue weighted by atomic mass is 35.5. The molecule has 0 atom stereocenters. The van der Waals surface area contributed by atoms with E-state index in [-0.39, 0.29) is 22.0 Å². The molecule has 4 aliphatic carbocycles. The van der Waals surface area contributed by atoms with Gasteiger partial charge in [0.2, 0.25) is 0 Å². The van der Waals surface area contributed by atoms with Gasteiger partial charge in [-0.2, -0.15) is 0 Å². The molecule has 0 unspecified atom stereocenters. The van der Waals surface area contributed by atoms with Crippen LogP contribution >= 0.6 is 23.2 Å². The molecule has 5 nitrogen and oxygen atoms in total. The van der Waals surface area contributed by atoms with Crippen molar-refractivity contribution in [3.05, 3.63) is 51.6 Å². The van der Waals surface area contributed by atoms with Crippen molar-refractivity contribution in [3.8, 4) is 11.3 Å². The first-order valence-corrected chi connectivity index (χ1v) is 11.6. The highest BCUT2D eigenvalue weighted by molar-refractivity contribution is 6.34. The molecule has 4 fully saturated rings. The van der Waals surface area contributed by atoms with Gasteiger partial charge >= 0.3 is 5.97 Å². The number of carbonyl (C=O) groups excluding carboxylic acids is 1. The minimum atomic E-state index is -1.20. The first-order valence-electron chi connectivity index (χ1n) is 10.8. The molecule has 1 aromatic heterocycles. The molecular weight excluding hydrogens is 435 g/mol. The molecule has 0 radical (unpaired) electrons. The topological polar surface area (TPSA) is 79.3 Å². The fourth-order valence-electron chi connectivity index (χ4n) is 6.48. The van der Waals surface area contributed by atoms with Crippen molar-refractivity contribution >= 4 is 35.1 Å². The number of pyridine rings is 1. The Kier molecular flexibility index (Phi) is 5.22. The van der Waals surface area contributed by atoms with Gasteiger partial charge in [-0.1, -0.05) is 29.3 Å².